The molecule has 3 rings (SSSR count). The molecule has 0 radical (unpaired) electrons. The number of aliphatic hydroxyl groups is 1. The predicted molar refractivity (Wildman–Crippen MR) is 100 cm³/mol. The van der Waals surface area contributed by atoms with Crippen LogP contribution in [0.2, 0.25) is 0 Å². The summed E-state index contributed by atoms with van der Waals surface area (Å²) in [6.07, 6.45) is 2.59. The number of benzene rings is 1. The summed E-state index contributed by atoms with van der Waals surface area (Å²) < 4.78 is 1.13. The van der Waals surface area contributed by atoms with Crippen LogP contribution in [0.3, 0.4) is 0 Å². The van der Waals surface area contributed by atoms with E-state index in [1.807, 2.05) is 6.07 Å². The van der Waals surface area contributed by atoms with Gasteiger partial charge in [-0.25, -0.2) is 9.97 Å². The standard InChI is InChI=1S/C18H23BrN4O/c1-12(2)16(10-24)22-17-8-18(21-11-20-17)23-6-5-13-7-15(19)4-3-14(13)9-23/h3-4,7-8,11-12,16,24H,5-6,9-10H2,1-2H3,(H,20,21,22)/t16-/m1/s1. The Kier molecular flexibility index (Phi) is 5.36. The highest BCUT2D eigenvalue weighted by Gasteiger charge is 2.19. The maximum Gasteiger partial charge on any atom is 0.134 e. The molecule has 0 unspecified atom stereocenters. The van der Waals surface area contributed by atoms with Crippen LogP contribution in [0.25, 0.3) is 0 Å². The van der Waals surface area contributed by atoms with Crippen molar-refractivity contribution in [3.8, 4) is 0 Å². The first-order chi connectivity index (χ1) is 11.6. The normalized spacial score (nSPS) is 15.3. The molecule has 0 amide bonds. The number of hydrogen-bond acceptors (Lipinski definition) is 5. The third kappa shape index (κ3) is 3.87. The minimum atomic E-state index is -0.00724. The number of fused-ring (bicyclic) bond motifs is 1. The van der Waals surface area contributed by atoms with Crippen LogP contribution in [-0.2, 0) is 13.0 Å². The zero-order valence-electron chi connectivity index (χ0n) is 14.0. The highest BCUT2D eigenvalue weighted by Crippen LogP contribution is 2.26. The Bertz CT molecular complexity index is 707. The quantitative estimate of drug-likeness (QED) is 0.820. The summed E-state index contributed by atoms with van der Waals surface area (Å²) in [5.74, 6) is 2.00. The first-order valence-corrected chi connectivity index (χ1v) is 9.08. The molecule has 0 aliphatic carbocycles. The Balaban J connectivity index is 1.76. The summed E-state index contributed by atoms with van der Waals surface area (Å²) in [6, 6.07) is 8.42. The van der Waals surface area contributed by atoms with Gasteiger partial charge < -0.3 is 15.3 Å². The van der Waals surface area contributed by atoms with Crippen LogP contribution in [0.4, 0.5) is 11.6 Å². The highest BCUT2D eigenvalue weighted by molar-refractivity contribution is 9.10. The number of nitrogens with one attached hydrogen (secondary N) is 1. The molecule has 0 bridgehead atoms. The molecule has 1 aromatic carbocycles. The summed E-state index contributed by atoms with van der Waals surface area (Å²) in [7, 11) is 0. The lowest BCUT2D eigenvalue weighted by molar-refractivity contribution is 0.249. The van der Waals surface area contributed by atoms with Crippen molar-refractivity contribution in [3.05, 3.63) is 46.2 Å². The molecule has 0 saturated heterocycles. The average molecular weight is 391 g/mol. The van der Waals surface area contributed by atoms with Gasteiger partial charge in [0, 0.05) is 23.6 Å². The van der Waals surface area contributed by atoms with Crippen LogP contribution in [0.15, 0.2) is 35.1 Å². The number of rotatable bonds is 5. The van der Waals surface area contributed by atoms with E-state index >= 15 is 0 Å². The van der Waals surface area contributed by atoms with Crippen molar-refractivity contribution in [2.75, 3.05) is 23.4 Å². The van der Waals surface area contributed by atoms with E-state index < -0.39 is 0 Å². The second kappa shape index (κ2) is 7.49. The van der Waals surface area contributed by atoms with E-state index in [4.69, 9.17) is 0 Å². The van der Waals surface area contributed by atoms with Crippen LogP contribution in [0.5, 0.6) is 0 Å². The van der Waals surface area contributed by atoms with E-state index in [9.17, 15) is 5.11 Å². The molecule has 0 saturated carbocycles. The topological polar surface area (TPSA) is 61.3 Å². The first-order valence-electron chi connectivity index (χ1n) is 8.28. The molecule has 6 heteroatoms. The second-order valence-corrected chi connectivity index (χ2v) is 7.44. The average Bonchev–Trinajstić information content (AvgIpc) is 2.59. The van der Waals surface area contributed by atoms with Gasteiger partial charge in [0.05, 0.1) is 12.6 Å². The monoisotopic (exact) mass is 390 g/mol. The molecule has 2 N–H and O–H groups in total. The maximum atomic E-state index is 9.49. The van der Waals surface area contributed by atoms with Gasteiger partial charge in [-0.1, -0.05) is 35.8 Å². The maximum absolute atomic E-state index is 9.49. The smallest absolute Gasteiger partial charge is 0.134 e. The fourth-order valence-corrected chi connectivity index (χ4v) is 3.34. The molecule has 128 valence electrons. The number of aliphatic hydroxyl groups excluding tert-OH is 1. The summed E-state index contributed by atoms with van der Waals surface area (Å²) in [6.45, 7) is 6.04. The summed E-state index contributed by atoms with van der Waals surface area (Å²) in [4.78, 5) is 11.0. The Morgan fingerprint density at radius 2 is 2.08 bits per heavy atom. The molecule has 24 heavy (non-hydrogen) atoms. The number of anilines is 2. The van der Waals surface area contributed by atoms with Gasteiger partial charge in [-0.2, -0.15) is 0 Å². The van der Waals surface area contributed by atoms with Gasteiger partial charge in [0.2, 0.25) is 0 Å². The van der Waals surface area contributed by atoms with Crippen LogP contribution in [0.1, 0.15) is 25.0 Å². The van der Waals surface area contributed by atoms with Gasteiger partial charge in [-0.15, -0.1) is 0 Å². The number of nitrogens with zero attached hydrogens (tertiary/aromatic N) is 3. The van der Waals surface area contributed by atoms with Crippen LogP contribution < -0.4 is 10.2 Å². The predicted octanol–water partition coefficient (Wildman–Crippen LogP) is 3.23. The van der Waals surface area contributed by atoms with Crippen molar-refractivity contribution in [2.45, 2.75) is 32.9 Å². The summed E-state index contributed by atoms with van der Waals surface area (Å²) in [5.41, 5.74) is 2.74. The van der Waals surface area contributed by atoms with E-state index in [0.29, 0.717) is 5.92 Å². The van der Waals surface area contributed by atoms with Gasteiger partial charge in [0.1, 0.15) is 18.0 Å². The van der Waals surface area contributed by atoms with Crippen molar-refractivity contribution in [1.29, 1.82) is 0 Å². The molecule has 1 atom stereocenters. The molecule has 0 spiro atoms. The summed E-state index contributed by atoms with van der Waals surface area (Å²) in [5, 5.41) is 12.8. The van der Waals surface area contributed by atoms with Crippen LogP contribution in [-0.4, -0.2) is 34.3 Å². The van der Waals surface area contributed by atoms with Crippen molar-refractivity contribution >= 4 is 27.6 Å². The number of halogens is 1. The molecule has 2 aromatic rings. The fourth-order valence-electron chi connectivity index (χ4n) is 2.93. The number of hydrogen-bond donors (Lipinski definition) is 2. The fraction of sp³-hybridized carbons (Fsp3) is 0.444. The molecule has 0 fully saturated rings. The Labute approximate surface area is 151 Å². The largest absolute Gasteiger partial charge is 0.394 e. The molecular weight excluding hydrogens is 368 g/mol. The second-order valence-electron chi connectivity index (χ2n) is 6.52. The lowest BCUT2D eigenvalue weighted by Crippen LogP contribution is -2.32. The van der Waals surface area contributed by atoms with Gasteiger partial charge in [0.25, 0.3) is 0 Å². The molecule has 5 nitrogen and oxygen atoms in total. The van der Waals surface area contributed by atoms with Crippen molar-refractivity contribution < 1.29 is 5.11 Å². The minimum Gasteiger partial charge on any atom is -0.394 e. The minimum absolute atomic E-state index is 0.00724. The molecular formula is C18H23BrN4O. The van der Waals surface area contributed by atoms with Crippen LogP contribution >= 0.6 is 15.9 Å². The van der Waals surface area contributed by atoms with Gasteiger partial charge >= 0.3 is 0 Å². The Hall–Kier alpha value is -1.66. The van der Waals surface area contributed by atoms with Gasteiger partial charge in [-0.3, -0.25) is 0 Å². The van der Waals surface area contributed by atoms with E-state index in [2.05, 4.69) is 68.2 Å². The molecule has 1 aliphatic heterocycles. The SMILES string of the molecule is CC(C)[C@@H](CO)Nc1cc(N2CCc3cc(Br)ccc3C2)ncn1. The lowest BCUT2D eigenvalue weighted by atomic mass is 10.00. The first kappa shape index (κ1) is 17.2. The third-order valence-corrected chi connectivity index (χ3v) is 4.99. The Morgan fingerprint density at radius 3 is 2.83 bits per heavy atom. The van der Waals surface area contributed by atoms with E-state index in [-0.39, 0.29) is 12.6 Å². The molecule has 2 heterocycles. The zero-order valence-corrected chi connectivity index (χ0v) is 15.6. The summed E-state index contributed by atoms with van der Waals surface area (Å²) >= 11 is 3.54. The van der Waals surface area contributed by atoms with Crippen molar-refractivity contribution in [3.63, 3.8) is 0 Å². The Morgan fingerprint density at radius 1 is 1.25 bits per heavy atom. The third-order valence-electron chi connectivity index (χ3n) is 4.49. The zero-order chi connectivity index (χ0) is 17.1. The van der Waals surface area contributed by atoms with E-state index in [1.165, 1.54) is 11.1 Å². The highest BCUT2D eigenvalue weighted by atomic mass is 79.9. The van der Waals surface area contributed by atoms with Gasteiger partial charge in [-0.05, 0) is 35.6 Å². The van der Waals surface area contributed by atoms with Crippen molar-refractivity contribution in [1.82, 2.24) is 9.97 Å². The van der Waals surface area contributed by atoms with Gasteiger partial charge in [0.15, 0.2) is 0 Å². The van der Waals surface area contributed by atoms with E-state index in [1.54, 1.807) is 6.33 Å². The number of aromatic nitrogens is 2. The molecule has 1 aliphatic rings. The van der Waals surface area contributed by atoms with Crippen molar-refractivity contribution in [2.24, 2.45) is 5.92 Å². The van der Waals surface area contributed by atoms with Crippen LogP contribution in [0, 0.1) is 5.92 Å². The molecule has 1 aromatic heterocycles. The lowest BCUT2D eigenvalue weighted by Gasteiger charge is -2.30. The van der Waals surface area contributed by atoms with E-state index in [0.717, 1.165) is 35.6 Å².